The summed E-state index contributed by atoms with van der Waals surface area (Å²) in [5.74, 6) is 0. The van der Waals surface area contributed by atoms with E-state index in [-0.39, 0.29) is 0 Å². The van der Waals surface area contributed by atoms with E-state index in [0.717, 1.165) is 24.2 Å². The van der Waals surface area contributed by atoms with Crippen LogP contribution in [0.15, 0.2) is 24.3 Å². The molecule has 0 amide bonds. The second-order valence-corrected chi connectivity index (χ2v) is 6.44. The van der Waals surface area contributed by atoms with Crippen molar-refractivity contribution in [1.29, 1.82) is 0 Å². The zero-order chi connectivity index (χ0) is 13.9. The van der Waals surface area contributed by atoms with Gasteiger partial charge in [-0.05, 0) is 63.9 Å². The van der Waals surface area contributed by atoms with Crippen LogP contribution < -0.4 is 5.73 Å². The number of hydrogen-bond acceptors (Lipinski definition) is 3. The lowest BCUT2D eigenvalue weighted by Crippen LogP contribution is -2.37. The number of likely N-dealkylation sites (tertiary alicyclic amines) is 1. The summed E-state index contributed by atoms with van der Waals surface area (Å²) in [5, 5.41) is 0. The highest BCUT2D eigenvalue weighted by molar-refractivity contribution is 5.46. The van der Waals surface area contributed by atoms with Crippen molar-refractivity contribution in [3.63, 3.8) is 0 Å². The van der Waals surface area contributed by atoms with Crippen LogP contribution in [0.1, 0.15) is 31.2 Å². The minimum atomic E-state index is 0.796. The maximum atomic E-state index is 6.01. The van der Waals surface area contributed by atoms with Crippen LogP contribution in [-0.2, 0) is 6.42 Å². The van der Waals surface area contributed by atoms with E-state index in [4.69, 9.17) is 5.73 Å². The van der Waals surface area contributed by atoms with Gasteiger partial charge in [-0.1, -0.05) is 18.2 Å². The number of nitrogen functional groups attached to an aromatic ring is 1. The standard InChI is InChI=1S/C17H27N3/c1-19-15-8-9-16(19)13-20(12-10-15)11-4-6-14-5-2-3-7-17(14)18/h2-3,5,7,15-16H,4,6,8-13,18H2,1H3. The first kappa shape index (κ1) is 13.9. The smallest absolute Gasteiger partial charge is 0.0346 e. The van der Waals surface area contributed by atoms with Crippen molar-refractivity contribution in [2.75, 3.05) is 32.4 Å². The maximum absolute atomic E-state index is 6.01. The Morgan fingerprint density at radius 1 is 1.15 bits per heavy atom. The van der Waals surface area contributed by atoms with Crippen LogP contribution in [0.5, 0.6) is 0 Å². The van der Waals surface area contributed by atoms with Gasteiger partial charge in [-0.2, -0.15) is 0 Å². The Labute approximate surface area is 122 Å². The Hall–Kier alpha value is -1.06. The summed E-state index contributed by atoms with van der Waals surface area (Å²) in [5.41, 5.74) is 8.26. The minimum Gasteiger partial charge on any atom is -0.399 e. The normalized spacial score (nSPS) is 27.6. The quantitative estimate of drug-likeness (QED) is 0.855. The van der Waals surface area contributed by atoms with Gasteiger partial charge in [-0.3, -0.25) is 4.90 Å². The maximum Gasteiger partial charge on any atom is 0.0346 e. The highest BCUT2D eigenvalue weighted by Gasteiger charge is 2.34. The zero-order valence-corrected chi connectivity index (χ0v) is 12.6. The summed E-state index contributed by atoms with van der Waals surface area (Å²) in [7, 11) is 2.32. The van der Waals surface area contributed by atoms with Crippen LogP contribution in [-0.4, -0.2) is 48.6 Å². The van der Waals surface area contributed by atoms with Crippen LogP contribution in [0.25, 0.3) is 0 Å². The van der Waals surface area contributed by atoms with Gasteiger partial charge in [0.2, 0.25) is 0 Å². The molecule has 1 aromatic rings. The molecular weight excluding hydrogens is 246 g/mol. The topological polar surface area (TPSA) is 32.5 Å². The number of nitrogens with two attached hydrogens (primary N) is 1. The molecule has 110 valence electrons. The summed E-state index contributed by atoms with van der Waals surface area (Å²) in [6, 6.07) is 9.91. The molecule has 0 saturated carbocycles. The van der Waals surface area contributed by atoms with Crippen molar-refractivity contribution in [1.82, 2.24) is 9.80 Å². The van der Waals surface area contributed by atoms with Gasteiger partial charge >= 0.3 is 0 Å². The van der Waals surface area contributed by atoms with Gasteiger partial charge in [0.05, 0.1) is 0 Å². The van der Waals surface area contributed by atoms with Gasteiger partial charge < -0.3 is 10.6 Å². The molecule has 2 unspecified atom stereocenters. The lowest BCUT2D eigenvalue weighted by Gasteiger charge is -2.25. The van der Waals surface area contributed by atoms with Gasteiger partial charge in [0.15, 0.2) is 0 Å². The van der Waals surface area contributed by atoms with E-state index in [0.29, 0.717) is 0 Å². The highest BCUT2D eigenvalue weighted by atomic mass is 15.3. The molecule has 3 nitrogen and oxygen atoms in total. The molecule has 2 aliphatic rings. The van der Waals surface area contributed by atoms with Gasteiger partial charge in [0.1, 0.15) is 0 Å². The fourth-order valence-corrected chi connectivity index (χ4v) is 3.84. The molecule has 2 saturated heterocycles. The van der Waals surface area contributed by atoms with E-state index < -0.39 is 0 Å². The molecule has 2 heterocycles. The lowest BCUT2D eigenvalue weighted by molar-refractivity contribution is 0.218. The van der Waals surface area contributed by atoms with E-state index in [1.165, 1.54) is 50.9 Å². The monoisotopic (exact) mass is 273 g/mol. The number of para-hydroxylation sites is 1. The third-order valence-corrected chi connectivity index (χ3v) is 5.21. The molecular formula is C17H27N3. The first-order valence-corrected chi connectivity index (χ1v) is 8.01. The highest BCUT2D eigenvalue weighted by Crippen LogP contribution is 2.28. The summed E-state index contributed by atoms with van der Waals surface area (Å²) in [6.07, 6.45) is 6.47. The van der Waals surface area contributed by atoms with Crippen molar-refractivity contribution < 1.29 is 0 Å². The van der Waals surface area contributed by atoms with Crippen LogP contribution in [0.3, 0.4) is 0 Å². The molecule has 20 heavy (non-hydrogen) atoms. The summed E-state index contributed by atoms with van der Waals surface area (Å²) in [6.45, 7) is 3.75. The molecule has 0 aliphatic carbocycles. The molecule has 3 heteroatoms. The number of benzene rings is 1. The predicted octanol–water partition coefficient (Wildman–Crippen LogP) is 2.37. The molecule has 3 rings (SSSR count). The van der Waals surface area contributed by atoms with Crippen molar-refractivity contribution in [2.45, 2.75) is 44.2 Å². The van der Waals surface area contributed by atoms with Gasteiger partial charge in [-0.15, -0.1) is 0 Å². The van der Waals surface area contributed by atoms with Crippen molar-refractivity contribution in [3.8, 4) is 0 Å². The number of likely N-dealkylation sites (N-methyl/N-ethyl adjacent to an activating group) is 1. The number of rotatable bonds is 4. The van der Waals surface area contributed by atoms with Crippen LogP contribution in [0.2, 0.25) is 0 Å². The Morgan fingerprint density at radius 2 is 1.95 bits per heavy atom. The molecule has 2 atom stereocenters. The fourth-order valence-electron chi connectivity index (χ4n) is 3.84. The first-order chi connectivity index (χ1) is 9.74. The van der Waals surface area contributed by atoms with E-state index in [2.05, 4.69) is 29.0 Å². The molecule has 2 aliphatic heterocycles. The zero-order valence-electron chi connectivity index (χ0n) is 12.6. The van der Waals surface area contributed by atoms with Crippen LogP contribution >= 0.6 is 0 Å². The summed E-state index contributed by atoms with van der Waals surface area (Å²) in [4.78, 5) is 5.29. The molecule has 1 aromatic carbocycles. The van der Waals surface area contributed by atoms with Crippen molar-refractivity contribution in [3.05, 3.63) is 29.8 Å². The second kappa shape index (κ2) is 6.15. The van der Waals surface area contributed by atoms with E-state index in [9.17, 15) is 0 Å². The van der Waals surface area contributed by atoms with Crippen molar-refractivity contribution in [2.24, 2.45) is 0 Å². The number of hydrogen-bond donors (Lipinski definition) is 1. The Bertz CT molecular complexity index is 446. The Balaban J connectivity index is 1.48. The van der Waals surface area contributed by atoms with Gasteiger partial charge in [0.25, 0.3) is 0 Å². The third-order valence-electron chi connectivity index (χ3n) is 5.21. The predicted molar refractivity (Wildman–Crippen MR) is 84.8 cm³/mol. The molecule has 0 aromatic heterocycles. The SMILES string of the molecule is CN1C2CCC1CN(CCCc1ccccc1N)CC2. The van der Waals surface area contributed by atoms with Gasteiger partial charge in [-0.25, -0.2) is 0 Å². The Kier molecular flexibility index (Phi) is 4.27. The number of nitrogens with zero attached hydrogens (tertiary/aromatic N) is 2. The Morgan fingerprint density at radius 3 is 2.80 bits per heavy atom. The third kappa shape index (κ3) is 2.99. The van der Waals surface area contributed by atoms with Crippen LogP contribution in [0, 0.1) is 0 Å². The largest absolute Gasteiger partial charge is 0.399 e. The number of aryl methyl sites for hydroxylation is 1. The lowest BCUT2D eigenvalue weighted by atomic mass is 10.1. The van der Waals surface area contributed by atoms with E-state index >= 15 is 0 Å². The average Bonchev–Trinajstić information content (AvgIpc) is 2.68. The van der Waals surface area contributed by atoms with Crippen LogP contribution in [0.4, 0.5) is 5.69 Å². The minimum absolute atomic E-state index is 0.796. The van der Waals surface area contributed by atoms with Gasteiger partial charge in [0, 0.05) is 24.3 Å². The fraction of sp³-hybridized carbons (Fsp3) is 0.647. The summed E-state index contributed by atoms with van der Waals surface area (Å²) >= 11 is 0. The molecule has 0 radical (unpaired) electrons. The van der Waals surface area contributed by atoms with E-state index in [1.54, 1.807) is 0 Å². The molecule has 0 spiro atoms. The average molecular weight is 273 g/mol. The molecule has 2 bridgehead atoms. The summed E-state index contributed by atoms with van der Waals surface area (Å²) < 4.78 is 0. The molecule has 2 N–H and O–H groups in total. The number of fused-ring (bicyclic) bond motifs is 2. The number of anilines is 1. The van der Waals surface area contributed by atoms with E-state index in [1.807, 2.05) is 12.1 Å². The molecule has 2 fully saturated rings. The van der Waals surface area contributed by atoms with Crippen molar-refractivity contribution >= 4 is 5.69 Å². The first-order valence-electron chi connectivity index (χ1n) is 8.01. The second-order valence-electron chi connectivity index (χ2n) is 6.44.